The highest BCUT2D eigenvalue weighted by Crippen LogP contribution is 2.37. The first-order chi connectivity index (χ1) is 17.8. The van der Waals surface area contributed by atoms with Crippen LogP contribution in [0.2, 0.25) is 5.02 Å². The van der Waals surface area contributed by atoms with Gasteiger partial charge in [0.05, 0.1) is 18.9 Å². The van der Waals surface area contributed by atoms with E-state index in [4.69, 9.17) is 39.2 Å². The van der Waals surface area contributed by atoms with Crippen molar-refractivity contribution in [1.29, 1.82) is 0 Å². The number of hydrogen-bond donors (Lipinski definition) is 1. The number of aromatic nitrogens is 1. The first-order valence-corrected chi connectivity index (χ1v) is 12.2. The standard InChI is InChI=1S/C28H26ClFN4O3/c1-4-28(36,5-2)18-11-14-34(15-12-18)17-23-24(27(35)37-3)25(20-10-9-19(30)16-21(20)29)33-26(32-23)22-8-6-7-13-31-22/h1-2,6-10,13,16,18,24-25,36H,11-12,14-15,17H2,3H3/t24?,25-/m0/s1. The summed E-state index contributed by atoms with van der Waals surface area (Å²) >= 11 is 6.41. The summed E-state index contributed by atoms with van der Waals surface area (Å²) in [6.45, 7) is 1.50. The number of rotatable bonds is 6. The molecule has 0 aliphatic carbocycles. The summed E-state index contributed by atoms with van der Waals surface area (Å²) in [6.07, 6.45) is 13.7. The van der Waals surface area contributed by atoms with Crippen molar-refractivity contribution in [3.05, 3.63) is 64.7 Å². The molecule has 0 amide bonds. The van der Waals surface area contributed by atoms with Crippen LogP contribution in [0.15, 0.2) is 52.6 Å². The first-order valence-electron chi connectivity index (χ1n) is 11.8. The molecule has 190 valence electrons. The van der Waals surface area contributed by atoms with Gasteiger partial charge in [-0.1, -0.05) is 35.6 Å². The van der Waals surface area contributed by atoms with Gasteiger partial charge in [0.15, 0.2) is 11.4 Å². The number of halogens is 2. The van der Waals surface area contributed by atoms with Crippen molar-refractivity contribution in [2.45, 2.75) is 24.5 Å². The van der Waals surface area contributed by atoms with E-state index in [1.807, 2.05) is 6.07 Å². The number of piperidine rings is 1. The molecular formula is C28H26ClFN4O3. The molecule has 2 aliphatic rings. The third-order valence-electron chi connectivity index (χ3n) is 6.82. The fraction of sp³-hybridized carbons (Fsp3) is 0.357. The number of carbonyl (C=O) groups is 1. The van der Waals surface area contributed by atoms with E-state index in [2.05, 4.69) is 21.7 Å². The summed E-state index contributed by atoms with van der Waals surface area (Å²) in [4.78, 5) is 29.1. The lowest BCUT2D eigenvalue weighted by Crippen LogP contribution is -2.47. The third-order valence-corrected chi connectivity index (χ3v) is 7.15. The number of ether oxygens (including phenoxy) is 1. The quantitative estimate of drug-likeness (QED) is 0.466. The van der Waals surface area contributed by atoms with Crippen LogP contribution in [0.4, 0.5) is 4.39 Å². The average Bonchev–Trinajstić information content (AvgIpc) is 2.92. The average molecular weight is 521 g/mol. The van der Waals surface area contributed by atoms with Crippen molar-refractivity contribution >= 4 is 29.1 Å². The number of carbonyl (C=O) groups excluding carboxylic acids is 1. The molecule has 1 N–H and O–H groups in total. The van der Waals surface area contributed by atoms with E-state index in [0.717, 1.165) is 0 Å². The highest BCUT2D eigenvalue weighted by atomic mass is 35.5. The molecule has 2 atom stereocenters. The number of benzene rings is 1. The molecule has 1 fully saturated rings. The van der Waals surface area contributed by atoms with E-state index in [1.165, 1.54) is 25.3 Å². The van der Waals surface area contributed by atoms with E-state index < -0.39 is 29.3 Å². The van der Waals surface area contributed by atoms with E-state index in [0.29, 0.717) is 55.3 Å². The lowest BCUT2D eigenvalue weighted by atomic mass is 9.81. The second-order valence-electron chi connectivity index (χ2n) is 8.99. The Bertz CT molecular complexity index is 1290. The number of esters is 1. The summed E-state index contributed by atoms with van der Waals surface area (Å²) in [7, 11) is 1.30. The molecule has 1 saturated heterocycles. The van der Waals surface area contributed by atoms with Gasteiger partial charge in [-0.15, -0.1) is 12.8 Å². The minimum absolute atomic E-state index is 0.146. The number of terminal acetylenes is 2. The van der Waals surface area contributed by atoms with Crippen molar-refractivity contribution in [2.75, 3.05) is 26.7 Å². The summed E-state index contributed by atoms with van der Waals surface area (Å²) in [5, 5.41) is 10.7. The molecule has 37 heavy (non-hydrogen) atoms. The maximum Gasteiger partial charge on any atom is 0.317 e. The predicted octanol–water partition coefficient (Wildman–Crippen LogP) is 3.32. The van der Waals surface area contributed by atoms with Crippen LogP contribution in [0.1, 0.15) is 30.1 Å². The molecule has 0 saturated carbocycles. The van der Waals surface area contributed by atoms with Gasteiger partial charge in [0, 0.05) is 23.7 Å². The van der Waals surface area contributed by atoms with Crippen molar-refractivity contribution in [3.63, 3.8) is 0 Å². The van der Waals surface area contributed by atoms with Gasteiger partial charge in [-0.25, -0.2) is 9.38 Å². The Morgan fingerprint density at radius 3 is 2.59 bits per heavy atom. The van der Waals surface area contributed by atoms with Gasteiger partial charge < -0.3 is 9.84 Å². The van der Waals surface area contributed by atoms with E-state index in [9.17, 15) is 14.3 Å². The Morgan fingerprint density at radius 1 is 1.27 bits per heavy atom. The molecule has 0 spiro atoms. The maximum absolute atomic E-state index is 13.8. The lowest BCUT2D eigenvalue weighted by molar-refractivity contribution is -0.143. The van der Waals surface area contributed by atoms with Crippen LogP contribution in [0.5, 0.6) is 0 Å². The van der Waals surface area contributed by atoms with Gasteiger partial charge in [-0.3, -0.25) is 19.7 Å². The van der Waals surface area contributed by atoms with Gasteiger partial charge in [0.2, 0.25) is 0 Å². The summed E-state index contributed by atoms with van der Waals surface area (Å²) in [5.41, 5.74) is -0.0633. The second-order valence-corrected chi connectivity index (χ2v) is 9.40. The minimum atomic E-state index is -1.59. The predicted molar refractivity (Wildman–Crippen MR) is 140 cm³/mol. The second kappa shape index (κ2) is 11.2. The van der Waals surface area contributed by atoms with Crippen LogP contribution < -0.4 is 0 Å². The summed E-state index contributed by atoms with van der Waals surface area (Å²) in [5.74, 6) is 2.86. The zero-order valence-corrected chi connectivity index (χ0v) is 21.0. The van der Waals surface area contributed by atoms with Crippen LogP contribution in [0.3, 0.4) is 0 Å². The number of amidine groups is 1. The van der Waals surface area contributed by atoms with E-state index in [-0.39, 0.29) is 10.9 Å². The van der Waals surface area contributed by atoms with Gasteiger partial charge >= 0.3 is 5.97 Å². The van der Waals surface area contributed by atoms with E-state index >= 15 is 0 Å². The Labute approximate surface area is 220 Å². The Morgan fingerprint density at radius 2 is 2.00 bits per heavy atom. The van der Waals surface area contributed by atoms with Gasteiger partial charge in [-0.05, 0) is 55.8 Å². The first kappa shape index (κ1) is 26.5. The van der Waals surface area contributed by atoms with E-state index in [1.54, 1.807) is 18.3 Å². The van der Waals surface area contributed by atoms with Crippen molar-refractivity contribution in [2.24, 2.45) is 21.8 Å². The maximum atomic E-state index is 13.8. The molecule has 7 nitrogen and oxygen atoms in total. The molecule has 2 aromatic rings. The molecule has 3 heterocycles. The molecule has 4 rings (SSSR count). The minimum Gasteiger partial charge on any atom is -0.468 e. The Balaban J connectivity index is 1.69. The molecular weight excluding hydrogens is 495 g/mol. The van der Waals surface area contributed by atoms with Crippen LogP contribution in [0, 0.1) is 42.3 Å². The molecule has 1 unspecified atom stereocenters. The fourth-order valence-corrected chi connectivity index (χ4v) is 5.05. The van der Waals surface area contributed by atoms with Crippen molar-refractivity contribution in [3.8, 4) is 24.7 Å². The molecule has 1 aromatic heterocycles. The zero-order chi connectivity index (χ0) is 26.6. The monoisotopic (exact) mass is 520 g/mol. The number of aliphatic hydroxyl groups is 1. The normalized spacial score (nSPS) is 20.8. The molecule has 0 bridgehead atoms. The highest BCUT2D eigenvalue weighted by molar-refractivity contribution is 6.31. The molecule has 1 aromatic carbocycles. The summed E-state index contributed by atoms with van der Waals surface area (Å²) in [6, 6.07) is 8.56. The Hall–Kier alpha value is -3.56. The van der Waals surface area contributed by atoms with Crippen molar-refractivity contribution < 1.29 is 19.0 Å². The van der Waals surface area contributed by atoms with Crippen LogP contribution in [0.25, 0.3) is 0 Å². The zero-order valence-electron chi connectivity index (χ0n) is 20.3. The van der Waals surface area contributed by atoms with Crippen molar-refractivity contribution in [1.82, 2.24) is 9.88 Å². The number of nitrogens with zero attached hydrogens (tertiary/aromatic N) is 4. The number of likely N-dealkylation sites (tertiary alicyclic amines) is 1. The van der Waals surface area contributed by atoms with Gasteiger partial charge in [0.25, 0.3) is 0 Å². The number of pyridine rings is 1. The number of hydrogen-bond acceptors (Lipinski definition) is 7. The van der Waals surface area contributed by atoms with Gasteiger partial charge in [0.1, 0.15) is 17.4 Å². The smallest absolute Gasteiger partial charge is 0.317 e. The fourth-order valence-electron chi connectivity index (χ4n) is 4.77. The number of methoxy groups -OCH3 is 1. The molecule has 0 radical (unpaired) electrons. The SMILES string of the molecule is C#CC(O)(C#C)C1CCN(CC2=NC(c3ccccn3)=N[C@@H](c3ccc(F)cc3Cl)C2C(=O)OC)CC1. The number of aliphatic imine (C=N–C) groups is 2. The largest absolute Gasteiger partial charge is 0.468 e. The summed E-state index contributed by atoms with van der Waals surface area (Å²) < 4.78 is 19.0. The van der Waals surface area contributed by atoms with Gasteiger partial charge in [-0.2, -0.15) is 0 Å². The van der Waals surface area contributed by atoms with Crippen LogP contribution in [-0.4, -0.2) is 64.9 Å². The molecule has 2 aliphatic heterocycles. The lowest BCUT2D eigenvalue weighted by Gasteiger charge is -2.38. The highest BCUT2D eigenvalue weighted by Gasteiger charge is 2.41. The Kier molecular flexibility index (Phi) is 8.04. The van der Waals surface area contributed by atoms with Crippen LogP contribution >= 0.6 is 11.6 Å². The van der Waals surface area contributed by atoms with Crippen LogP contribution in [-0.2, 0) is 9.53 Å². The topological polar surface area (TPSA) is 87.4 Å². The third kappa shape index (κ3) is 5.57. The molecule has 9 heteroatoms.